The van der Waals surface area contributed by atoms with E-state index < -0.39 is 0 Å². The second-order valence-corrected chi connectivity index (χ2v) is 4.78. The molecule has 4 heteroatoms. The van der Waals surface area contributed by atoms with Crippen molar-refractivity contribution in [1.29, 1.82) is 0 Å². The predicted octanol–water partition coefficient (Wildman–Crippen LogP) is 2.48. The number of hydrogen-bond acceptors (Lipinski definition) is 2. The maximum atomic E-state index is 11.6. The number of rotatable bonds is 7. The number of carbonyl (C=O) groups is 1. The summed E-state index contributed by atoms with van der Waals surface area (Å²) in [5, 5.41) is 2.96. The molecular formula is C12H27ClN2O. The van der Waals surface area contributed by atoms with Gasteiger partial charge in [-0.2, -0.15) is 0 Å². The van der Waals surface area contributed by atoms with Gasteiger partial charge in [0.2, 0.25) is 5.91 Å². The topological polar surface area (TPSA) is 55.1 Å². The van der Waals surface area contributed by atoms with Gasteiger partial charge in [-0.1, -0.05) is 27.2 Å². The lowest BCUT2D eigenvalue weighted by Gasteiger charge is -2.17. The Morgan fingerprint density at radius 3 is 2.19 bits per heavy atom. The van der Waals surface area contributed by atoms with Gasteiger partial charge in [0, 0.05) is 6.04 Å². The van der Waals surface area contributed by atoms with Crippen molar-refractivity contribution in [3.63, 3.8) is 0 Å². The predicted molar refractivity (Wildman–Crippen MR) is 71.8 cm³/mol. The molecule has 0 spiro atoms. The molecule has 16 heavy (non-hydrogen) atoms. The van der Waals surface area contributed by atoms with Gasteiger partial charge >= 0.3 is 0 Å². The van der Waals surface area contributed by atoms with Gasteiger partial charge < -0.3 is 11.1 Å². The Kier molecular flexibility index (Phi) is 11.2. The van der Waals surface area contributed by atoms with Crippen molar-refractivity contribution < 1.29 is 4.79 Å². The number of halogens is 1. The fourth-order valence-electron chi connectivity index (χ4n) is 1.45. The summed E-state index contributed by atoms with van der Waals surface area (Å²) in [7, 11) is 0. The summed E-state index contributed by atoms with van der Waals surface area (Å²) in [5.74, 6) is 0.682. The number of carbonyl (C=O) groups excluding carboxylic acids is 1. The van der Waals surface area contributed by atoms with Crippen molar-refractivity contribution in [3.05, 3.63) is 0 Å². The second-order valence-electron chi connectivity index (χ2n) is 4.78. The first kappa shape index (κ1) is 18.1. The maximum Gasteiger partial charge on any atom is 0.237 e. The Labute approximate surface area is 106 Å². The van der Waals surface area contributed by atoms with Crippen molar-refractivity contribution in [2.75, 3.05) is 0 Å². The Morgan fingerprint density at radius 1 is 1.19 bits per heavy atom. The van der Waals surface area contributed by atoms with Crippen LogP contribution in [0.15, 0.2) is 0 Å². The number of amides is 1. The van der Waals surface area contributed by atoms with E-state index in [1.54, 1.807) is 0 Å². The summed E-state index contributed by atoms with van der Waals surface area (Å²) < 4.78 is 0. The zero-order valence-electron chi connectivity index (χ0n) is 11.0. The lowest BCUT2D eigenvalue weighted by molar-refractivity contribution is -0.123. The first-order valence-electron chi connectivity index (χ1n) is 6.03. The number of hydrogen-bond donors (Lipinski definition) is 2. The minimum atomic E-state index is -0.337. The molecule has 0 aromatic rings. The van der Waals surface area contributed by atoms with E-state index in [0.717, 1.165) is 25.7 Å². The first-order chi connectivity index (χ1) is 6.97. The normalized spacial score (nSPS) is 14.1. The lowest BCUT2D eigenvalue weighted by Crippen LogP contribution is -2.44. The standard InChI is InChI=1S/C12H26N2O.ClH/c1-5-6-11(13)12(15)14-10(4)8-7-9(2)3;/h9-11H,5-8,13H2,1-4H3,(H,14,15);1H. The number of nitrogens with one attached hydrogen (secondary N) is 1. The van der Waals surface area contributed by atoms with Gasteiger partial charge in [-0.3, -0.25) is 4.79 Å². The molecule has 0 aliphatic rings. The third-order valence-corrected chi connectivity index (χ3v) is 2.50. The molecule has 1 amide bonds. The van der Waals surface area contributed by atoms with E-state index in [9.17, 15) is 4.79 Å². The summed E-state index contributed by atoms with van der Waals surface area (Å²) in [6, 6.07) is -0.0979. The second kappa shape index (κ2) is 9.91. The molecule has 2 atom stereocenters. The Hall–Kier alpha value is -0.280. The van der Waals surface area contributed by atoms with Gasteiger partial charge in [0.25, 0.3) is 0 Å². The highest BCUT2D eigenvalue weighted by molar-refractivity contribution is 5.85. The van der Waals surface area contributed by atoms with Gasteiger partial charge in [0.05, 0.1) is 6.04 Å². The molecule has 0 aromatic heterocycles. The highest BCUT2D eigenvalue weighted by atomic mass is 35.5. The van der Waals surface area contributed by atoms with Crippen LogP contribution >= 0.6 is 12.4 Å². The summed E-state index contributed by atoms with van der Waals surface area (Å²) in [6.45, 7) is 8.46. The molecule has 0 saturated carbocycles. The Bertz CT molecular complexity index is 186. The molecule has 0 rings (SSSR count). The molecule has 0 heterocycles. The van der Waals surface area contributed by atoms with Crippen molar-refractivity contribution in [3.8, 4) is 0 Å². The molecule has 0 aromatic carbocycles. The molecule has 0 bridgehead atoms. The van der Waals surface area contributed by atoms with E-state index in [-0.39, 0.29) is 30.4 Å². The van der Waals surface area contributed by atoms with E-state index in [1.165, 1.54) is 0 Å². The van der Waals surface area contributed by atoms with Crippen molar-refractivity contribution >= 4 is 18.3 Å². The summed E-state index contributed by atoms with van der Waals surface area (Å²) >= 11 is 0. The fourth-order valence-corrected chi connectivity index (χ4v) is 1.45. The highest BCUT2D eigenvalue weighted by Gasteiger charge is 2.14. The highest BCUT2D eigenvalue weighted by Crippen LogP contribution is 2.06. The smallest absolute Gasteiger partial charge is 0.237 e. The third kappa shape index (κ3) is 8.98. The monoisotopic (exact) mass is 250 g/mol. The molecule has 0 aliphatic heterocycles. The molecule has 2 unspecified atom stereocenters. The van der Waals surface area contributed by atoms with Crippen LogP contribution in [0.25, 0.3) is 0 Å². The summed E-state index contributed by atoms with van der Waals surface area (Å²) in [4.78, 5) is 11.6. The van der Waals surface area contributed by atoms with E-state index in [4.69, 9.17) is 5.73 Å². The van der Waals surface area contributed by atoms with Gasteiger partial charge in [-0.15, -0.1) is 12.4 Å². The Morgan fingerprint density at radius 2 is 1.75 bits per heavy atom. The fraction of sp³-hybridized carbons (Fsp3) is 0.917. The lowest BCUT2D eigenvalue weighted by atomic mass is 10.0. The zero-order valence-corrected chi connectivity index (χ0v) is 11.8. The van der Waals surface area contributed by atoms with Crippen LogP contribution in [0.5, 0.6) is 0 Å². The van der Waals surface area contributed by atoms with Crippen LogP contribution in [-0.2, 0) is 4.79 Å². The molecule has 3 N–H and O–H groups in total. The molecule has 0 radical (unpaired) electrons. The quantitative estimate of drug-likeness (QED) is 0.729. The van der Waals surface area contributed by atoms with Crippen LogP contribution in [0.2, 0.25) is 0 Å². The van der Waals surface area contributed by atoms with E-state index in [2.05, 4.69) is 19.2 Å². The van der Waals surface area contributed by atoms with Gasteiger partial charge in [-0.05, 0) is 32.1 Å². The molecule has 0 saturated heterocycles. The molecule has 0 aliphatic carbocycles. The van der Waals surface area contributed by atoms with Crippen LogP contribution in [0, 0.1) is 5.92 Å². The largest absolute Gasteiger partial charge is 0.352 e. The van der Waals surface area contributed by atoms with Crippen LogP contribution in [0.4, 0.5) is 0 Å². The SMILES string of the molecule is CCCC(N)C(=O)NC(C)CCC(C)C.Cl. The molecule has 0 fully saturated rings. The van der Waals surface area contributed by atoms with Crippen molar-refractivity contribution in [2.24, 2.45) is 11.7 Å². The Balaban J connectivity index is 0. The molecule has 3 nitrogen and oxygen atoms in total. The van der Waals surface area contributed by atoms with Crippen LogP contribution in [0.3, 0.4) is 0 Å². The summed E-state index contributed by atoms with van der Waals surface area (Å²) in [6.07, 6.45) is 3.89. The average molecular weight is 251 g/mol. The summed E-state index contributed by atoms with van der Waals surface area (Å²) in [5.41, 5.74) is 5.72. The third-order valence-electron chi connectivity index (χ3n) is 2.50. The van der Waals surface area contributed by atoms with E-state index >= 15 is 0 Å². The van der Waals surface area contributed by atoms with Crippen molar-refractivity contribution in [2.45, 2.75) is 65.5 Å². The minimum Gasteiger partial charge on any atom is -0.352 e. The van der Waals surface area contributed by atoms with Gasteiger partial charge in [-0.25, -0.2) is 0 Å². The first-order valence-corrected chi connectivity index (χ1v) is 6.03. The van der Waals surface area contributed by atoms with Crippen molar-refractivity contribution in [1.82, 2.24) is 5.32 Å². The average Bonchev–Trinajstić information content (AvgIpc) is 2.15. The van der Waals surface area contributed by atoms with E-state index in [0.29, 0.717) is 5.92 Å². The van der Waals surface area contributed by atoms with Crippen LogP contribution in [-0.4, -0.2) is 18.0 Å². The molecular weight excluding hydrogens is 224 g/mol. The molecule has 98 valence electrons. The van der Waals surface area contributed by atoms with Crippen LogP contribution < -0.4 is 11.1 Å². The zero-order chi connectivity index (χ0) is 11.8. The van der Waals surface area contributed by atoms with Crippen LogP contribution in [0.1, 0.15) is 53.4 Å². The number of nitrogens with two attached hydrogens (primary N) is 1. The van der Waals surface area contributed by atoms with Gasteiger partial charge in [0.1, 0.15) is 0 Å². The minimum absolute atomic E-state index is 0. The van der Waals surface area contributed by atoms with Gasteiger partial charge in [0.15, 0.2) is 0 Å². The van der Waals surface area contributed by atoms with E-state index in [1.807, 2.05) is 13.8 Å². The maximum absolute atomic E-state index is 11.6.